The van der Waals surface area contributed by atoms with Crippen molar-refractivity contribution >= 4 is 17.4 Å². The Balaban J connectivity index is 1.63. The van der Waals surface area contributed by atoms with Crippen LogP contribution in [0.3, 0.4) is 0 Å². The highest BCUT2D eigenvalue weighted by Gasteiger charge is 2.17. The van der Waals surface area contributed by atoms with Crippen molar-refractivity contribution < 1.29 is 4.79 Å². The Morgan fingerprint density at radius 3 is 2.37 bits per heavy atom. The second-order valence-corrected chi connectivity index (χ2v) is 7.80. The van der Waals surface area contributed by atoms with E-state index in [0.717, 1.165) is 33.8 Å². The monoisotopic (exact) mass is 399 g/mol. The molecule has 4 rings (SSSR count). The molecule has 1 N–H and O–H groups in total. The maximum Gasteiger partial charge on any atom is 0.253 e. The first-order valence-electron chi connectivity index (χ1n) is 9.99. The molecule has 1 amide bonds. The Morgan fingerprint density at radius 2 is 1.67 bits per heavy atom. The number of rotatable bonds is 4. The predicted molar refractivity (Wildman–Crippen MR) is 119 cm³/mol. The van der Waals surface area contributed by atoms with Gasteiger partial charge in [0.05, 0.1) is 6.42 Å². The third-order valence-corrected chi connectivity index (χ3v) is 5.49. The van der Waals surface area contributed by atoms with E-state index in [4.69, 9.17) is 0 Å². The quantitative estimate of drug-likeness (QED) is 0.548. The number of carbonyl (C=O) groups excluding carboxylic acids is 1. The van der Waals surface area contributed by atoms with Gasteiger partial charge in [-0.05, 0) is 57.9 Å². The molecule has 2 aromatic heterocycles. The van der Waals surface area contributed by atoms with Crippen LogP contribution in [0.1, 0.15) is 33.6 Å². The van der Waals surface area contributed by atoms with Gasteiger partial charge in [-0.2, -0.15) is 4.98 Å². The normalized spacial score (nSPS) is 11.1. The molecule has 0 spiro atoms. The highest BCUT2D eigenvalue weighted by atomic mass is 16.1. The number of amides is 1. The fourth-order valence-electron chi connectivity index (χ4n) is 3.47. The molecule has 0 aliphatic rings. The number of benzene rings is 2. The van der Waals surface area contributed by atoms with E-state index in [0.29, 0.717) is 11.6 Å². The Labute approximate surface area is 176 Å². The van der Waals surface area contributed by atoms with E-state index in [-0.39, 0.29) is 12.3 Å². The summed E-state index contributed by atoms with van der Waals surface area (Å²) in [5, 5.41) is 7.62. The van der Waals surface area contributed by atoms with Gasteiger partial charge in [0.2, 0.25) is 5.91 Å². The predicted octanol–water partition coefficient (Wildman–Crippen LogP) is 4.51. The van der Waals surface area contributed by atoms with Crippen molar-refractivity contribution in [3.63, 3.8) is 0 Å². The fraction of sp³-hybridized carbons (Fsp3) is 0.250. The summed E-state index contributed by atoms with van der Waals surface area (Å²) in [6.07, 6.45) is 0.229. The molecule has 152 valence electrons. The third kappa shape index (κ3) is 3.81. The van der Waals surface area contributed by atoms with Crippen LogP contribution in [0.15, 0.2) is 42.5 Å². The van der Waals surface area contributed by atoms with Gasteiger partial charge in [0.25, 0.3) is 5.78 Å². The standard InChI is InChI=1S/C24H25N5O/c1-14-6-9-19(10-7-14)23-27-24-25-17(4)21(18(5)29(24)28-23)13-22(30)26-20-11-8-15(2)16(3)12-20/h6-12H,13H2,1-5H3,(H,26,30). The molecule has 0 unspecified atom stereocenters. The lowest BCUT2D eigenvalue weighted by Gasteiger charge is -2.11. The molecule has 6 heteroatoms. The van der Waals surface area contributed by atoms with Crippen molar-refractivity contribution in [2.75, 3.05) is 5.32 Å². The lowest BCUT2D eigenvalue weighted by molar-refractivity contribution is -0.115. The van der Waals surface area contributed by atoms with Crippen LogP contribution >= 0.6 is 0 Å². The number of fused-ring (bicyclic) bond motifs is 1. The molecule has 0 radical (unpaired) electrons. The summed E-state index contributed by atoms with van der Waals surface area (Å²) in [6.45, 7) is 10.00. The summed E-state index contributed by atoms with van der Waals surface area (Å²) in [4.78, 5) is 21.9. The van der Waals surface area contributed by atoms with E-state index < -0.39 is 0 Å². The molecule has 0 saturated carbocycles. The van der Waals surface area contributed by atoms with Crippen molar-refractivity contribution in [3.05, 3.63) is 76.1 Å². The van der Waals surface area contributed by atoms with Crippen molar-refractivity contribution in [2.45, 2.75) is 41.0 Å². The van der Waals surface area contributed by atoms with Crippen molar-refractivity contribution in [1.82, 2.24) is 19.6 Å². The largest absolute Gasteiger partial charge is 0.326 e. The van der Waals surface area contributed by atoms with Gasteiger partial charge in [0.15, 0.2) is 5.82 Å². The van der Waals surface area contributed by atoms with Crippen LogP contribution in [0.25, 0.3) is 17.2 Å². The number of hydrogen-bond donors (Lipinski definition) is 1. The van der Waals surface area contributed by atoms with Gasteiger partial charge < -0.3 is 5.32 Å². The average molecular weight is 399 g/mol. The molecule has 0 aliphatic heterocycles. The zero-order valence-electron chi connectivity index (χ0n) is 17.9. The fourth-order valence-corrected chi connectivity index (χ4v) is 3.47. The van der Waals surface area contributed by atoms with Gasteiger partial charge in [-0.1, -0.05) is 35.9 Å². The number of carbonyl (C=O) groups is 1. The molecule has 0 atom stereocenters. The van der Waals surface area contributed by atoms with E-state index in [1.54, 1.807) is 4.52 Å². The van der Waals surface area contributed by atoms with Crippen LogP contribution in [0.2, 0.25) is 0 Å². The van der Waals surface area contributed by atoms with Gasteiger partial charge in [-0.3, -0.25) is 4.79 Å². The van der Waals surface area contributed by atoms with E-state index in [9.17, 15) is 4.79 Å². The minimum Gasteiger partial charge on any atom is -0.326 e. The van der Waals surface area contributed by atoms with E-state index in [1.165, 1.54) is 11.1 Å². The molecule has 2 aromatic carbocycles. The molecule has 6 nitrogen and oxygen atoms in total. The summed E-state index contributed by atoms with van der Waals surface area (Å²) < 4.78 is 1.72. The van der Waals surface area contributed by atoms with E-state index in [2.05, 4.69) is 27.3 Å². The topological polar surface area (TPSA) is 72.2 Å². The molecule has 0 saturated heterocycles. The van der Waals surface area contributed by atoms with Crippen molar-refractivity contribution in [2.24, 2.45) is 0 Å². The SMILES string of the molecule is Cc1ccc(-c2nc3nc(C)c(CC(=O)Nc4ccc(C)c(C)c4)c(C)n3n2)cc1. The summed E-state index contributed by atoms with van der Waals surface area (Å²) in [6, 6.07) is 14.0. The van der Waals surface area contributed by atoms with Crippen molar-refractivity contribution in [3.8, 4) is 11.4 Å². The summed E-state index contributed by atoms with van der Waals surface area (Å²) in [5.74, 6) is 1.09. The second kappa shape index (κ2) is 7.71. The Bertz CT molecular complexity index is 1260. The molecular weight excluding hydrogens is 374 g/mol. The number of aryl methyl sites for hydroxylation is 5. The summed E-state index contributed by atoms with van der Waals surface area (Å²) >= 11 is 0. The molecule has 30 heavy (non-hydrogen) atoms. The third-order valence-electron chi connectivity index (χ3n) is 5.49. The highest BCUT2D eigenvalue weighted by molar-refractivity contribution is 5.92. The van der Waals surface area contributed by atoms with Gasteiger partial charge in [-0.25, -0.2) is 9.50 Å². The van der Waals surface area contributed by atoms with Gasteiger partial charge in [-0.15, -0.1) is 5.10 Å². The van der Waals surface area contributed by atoms with Crippen LogP contribution in [0, 0.1) is 34.6 Å². The molecule has 0 bridgehead atoms. The van der Waals surface area contributed by atoms with Gasteiger partial charge in [0.1, 0.15) is 0 Å². The van der Waals surface area contributed by atoms with E-state index >= 15 is 0 Å². The zero-order chi connectivity index (χ0) is 21.4. The molecular formula is C24H25N5O. The van der Waals surface area contributed by atoms with Crippen LogP contribution in [0.4, 0.5) is 5.69 Å². The lowest BCUT2D eigenvalue weighted by atomic mass is 10.1. The maximum atomic E-state index is 12.7. The number of aromatic nitrogens is 4. The second-order valence-electron chi connectivity index (χ2n) is 7.80. The summed E-state index contributed by atoms with van der Waals surface area (Å²) in [7, 11) is 0. The van der Waals surface area contributed by atoms with Gasteiger partial charge in [0, 0.05) is 28.2 Å². The molecule has 4 aromatic rings. The Hall–Kier alpha value is -3.54. The Kier molecular flexibility index (Phi) is 5.08. The maximum absolute atomic E-state index is 12.7. The lowest BCUT2D eigenvalue weighted by Crippen LogP contribution is -2.18. The number of anilines is 1. The molecule has 2 heterocycles. The first-order valence-corrected chi connectivity index (χ1v) is 9.99. The molecule has 0 fully saturated rings. The minimum atomic E-state index is -0.0792. The first kappa shape index (κ1) is 19.8. The van der Waals surface area contributed by atoms with Gasteiger partial charge >= 0.3 is 0 Å². The minimum absolute atomic E-state index is 0.0792. The zero-order valence-corrected chi connectivity index (χ0v) is 17.9. The van der Waals surface area contributed by atoms with Crippen LogP contribution in [-0.4, -0.2) is 25.5 Å². The van der Waals surface area contributed by atoms with Crippen LogP contribution in [0.5, 0.6) is 0 Å². The van der Waals surface area contributed by atoms with Crippen LogP contribution in [-0.2, 0) is 11.2 Å². The van der Waals surface area contributed by atoms with Crippen LogP contribution < -0.4 is 5.32 Å². The first-order chi connectivity index (χ1) is 14.3. The smallest absolute Gasteiger partial charge is 0.253 e. The Morgan fingerprint density at radius 1 is 0.933 bits per heavy atom. The number of nitrogens with one attached hydrogen (secondary N) is 1. The average Bonchev–Trinajstić information content (AvgIpc) is 3.12. The number of hydrogen-bond acceptors (Lipinski definition) is 4. The summed E-state index contributed by atoms with van der Waals surface area (Å²) in [5.41, 5.74) is 7.80. The van der Waals surface area contributed by atoms with E-state index in [1.807, 2.05) is 70.2 Å². The molecule has 0 aliphatic carbocycles. The highest BCUT2D eigenvalue weighted by Crippen LogP contribution is 2.21. The number of nitrogens with zero attached hydrogens (tertiary/aromatic N) is 4. The van der Waals surface area contributed by atoms with Crippen molar-refractivity contribution in [1.29, 1.82) is 0 Å².